The number of pyridine rings is 1. The van der Waals surface area contributed by atoms with Gasteiger partial charge in [-0.05, 0) is 63.6 Å². The maximum atomic E-state index is 14.0. The molecule has 1 saturated heterocycles. The van der Waals surface area contributed by atoms with Crippen LogP contribution in [0.3, 0.4) is 0 Å². The molecule has 2 N–H and O–H groups in total. The van der Waals surface area contributed by atoms with Gasteiger partial charge in [0.05, 0.1) is 12.2 Å². The first kappa shape index (κ1) is 30.3. The molecule has 2 aromatic heterocycles. The van der Waals surface area contributed by atoms with E-state index in [1.807, 2.05) is 0 Å². The number of rotatable bonds is 10. The Kier molecular flexibility index (Phi) is 9.09. The molecule has 2 amide bonds. The molecule has 0 aromatic carbocycles. The van der Waals surface area contributed by atoms with E-state index in [-0.39, 0.29) is 67.6 Å². The highest BCUT2D eigenvalue weighted by Crippen LogP contribution is 2.37. The van der Waals surface area contributed by atoms with Gasteiger partial charge >= 0.3 is 6.18 Å². The quantitative estimate of drug-likeness (QED) is 0.388. The number of halogens is 5. The normalized spacial score (nSPS) is 20.7. The van der Waals surface area contributed by atoms with Crippen molar-refractivity contribution in [1.29, 1.82) is 0 Å². The van der Waals surface area contributed by atoms with Crippen LogP contribution in [-0.4, -0.2) is 74.1 Å². The molecular weight excluding hydrogens is 561 g/mol. The summed E-state index contributed by atoms with van der Waals surface area (Å²) in [5, 5.41) is 9.92. The molecule has 5 rings (SSSR count). The van der Waals surface area contributed by atoms with Crippen LogP contribution in [0.5, 0.6) is 0 Å². The summed E-state index contributed by atoms with van der Waals surface area (Å²) in [6, 6.07) is 1.99. The zero-order chi connectivity index (χ0) is 29.9. The monoisotopic (exact) mass is 597 g/mol. The van der Waals surface area contributed by atoms with Gasteiger partial charge in [-0.1, -0.05) is 12.8 Å². The van der Waals surface area contributed by atoms with Crippen molar-refractivity contribution >= 4 is 11.8 Å². The fraction of sp³-hybridized carbons (Fsp3) is 0.679. The summed E-state index contributed by atoms with van der Waals surface area (Å²) in [7, 11) is 0. The fourth-order valence-corrected chi connectivity index (χ4v) is 5.95. The molecule has 2 aliphatic carbocycles. The predicted octanol–water partition coefficient (Wildman–Crippen LogP) is 4.62. The number of carbonyl (C=O) groups excluding carboxylic acids is 2. The van der Waals surface area contributed by atoms with Crippen molar-refractivity contribution < 1.29 is 31.5 Å². The van der Waals surface area contributed by atoms with Crippen LogP contribution >= 0.6 is 0 Å². The molecule has 230 valence electrons. The van der Waals surface area contributed by atoms with Crippen LogP contribution in [0, 0.1) is 0 Å². The van der Waals surface area contributed by atoms with Crippen molar-refractivity contribution in [2.75, 3.05) is 19.6 Å². The van der Waals surface area contributed by atoms with E-state index in [1.54, 1.807) is 4.90 Å². The van der Waals surface area contributed by atoms with Crippen LogP contribution in [-0.2, 0) is 11.0 Å². The predicted molar refractivity (Wildman–Crippen MR) is 142 cm³/mol. The lowest BCUT2D eigenvalue weighted by molar-refractivity contribution is -0.141. The number of piperidine rings is 1. The molecule has 3 aliphatic rings. The first-order valence-electron chi connectivity index (χ1n) is 14.7. The van der Waals surface area contributed by atoms with Gasteiger partial charge in [-0.15, -0.1) is 5.10 Å². The van der Waals surface area contributed by atoms with E-state index in [0.717, 1.165) is 43.0 Å². The number of likely N-dealkylation sites (tertiary alicyclic amines) is 1. The third kappa shape index (κ3) is 7.42. The van der Waals surface area contributed by atoms with Crippen LogP contribution in [0.4, 0.5) is 22.0 Å². The van der Waals surface area contributed by atoms with Gasteiger partial charge in [-0.3, -0.25) is 14.5 Å². The summed E-state index contributed by atoms with van der Waals surface area (Å²) in [4.78, 5) is 35.7. The van der Waals surface area contributed by atoms with Gasteiger partial charge in [0.1, 0.15) is 5.82 Å². The van der Waals surface area contributed by atoms with Gasteiger partial charge in [0.2, 0.25) is 11.7 Å². The Bertz CT molecular complexity index is 1260. The molecule has 1 aliphatic heterocycles. The smallest absolute Gasteiger partial charge is 0.353 e. The maximum Gasteiger partial charge on any atom is 0.435 e. The van der Waals surface area contributed by atoms with Crippen LogP contribution in [0.2, 0.25) is 0 Å². The molecule has 3 fully saturated rings. The maximum absolute atomic E-state index is 14.0. The third-order valence-corrected chi connectivity index (χ3v) is 8.34. The van der Waals surface area contributed by atoms with Crippen molar-refractivity contribution in [3.63, 3.8) is 0 Å². The second kappa shape index (κ2) is 12.6. The van der Waals surface area contributed by atoms with Crippen molar-refractivity contribution in [3.05, 3.63) is 35.7 Å². The molecule has 3 heterocycles. The van der Waals surface area contributed by atoms with Crippen molar-refractivity contribution in [1.82, 2.24) is 35.3 Å². The van der Waals surface area contributed by atoms with Crippen molar-refractivity contribution in [2.24, 2.45) is 0 Å². The number of hydrogen-bond donors (Lipinski definition) is 2. The SMILES string of the molecule is O=C(CC(CCN1CCCC(F)(F)C1)NC(=O)c1nc(C2CCCC2)n(-c2cccnc2C(F)(F)F)n1)NC1CCC1. The number of hydrogen-bond acceptors (Lipinski definition) is 6. The molecule has 2 saturated carbocycles. The van der Waals surface area contributed by atoms with Gasteiger partial charge in [0.15, 0.2) is 5.69 Å². The Labute approximate surface area is 240 Å². The van der Waals surface area contributed by atoms with Crippen LogP contribution in [0.25, 0.3) is 5.69 Å². The van der Waals surface area contributed by atoms with Gasteiger partial charge in [0.25, 0.3) is 11.8 Å². The Balaban J connectivity index is 1.37. The second-order valence-electron chi connectivity index (χ2n) is 11.6. The number of aromatic nitrogens is 4. The largest absolute Gasteiger partial charge is 0.435 e. The van der Waals surface area contributed by atoms with E-state index < -0.39 is 29.7 Å². The summed E-state index contributed by atoms with van der Waals surface area (Å²) in [6.07, 6.45) is 2.60. The molecule has 0 bridgehead atoms. The molecule has 1 unspecified atom stereocenters. The number of amides is 2. The second-order valence-corrected chi connectivity index (χ2v) is 11.6. The Hall–Kier alpha value is -3.16. The Morgan fingerprint density at radius 1 is 1.10 bits per heavy atom. The van der Waals surface area contributed by atoms with Crippen LogP contribution in [0.15, 0.2) is 18.3 Å². The van der Waals surface area contributed by atoms with E-state index in [2.05, 4.69) is 25.7 Å². The summed E-state index contributed by atoms with van der Waals surface area (Å²) >= 11 is 0. The van der Waals surface area contributed by atoms with Crippen LogP contribution in [0.1, 0.15) is 98.7 Å². The minimum atomic E-state index is -4.75. The number of carbonyl (C=O) groups is 2. The summed E-state index contributed by atoms with van der Waals surface area (Å²) < 4.78 is 70.4. The first-order valence-corrected chi connectivity index (χ1v) is 14.7. The third-order valence-electron chi connectivity index (χ3n) is 8.34. The van der Waals surface area contributed by atoms with Gasteiger partial charge in [-0.2, -0.15) is 13.2 Å². The minimum absolute atomic E-state index is 0.0660. The van der Waals surface area contributed by atoms with Crippen molar-refractivity contribution in [3.8, 4) is 5.69 Å². The highest BCUT2D eigenvalue weighted by molar-refractivity contribution is 5.91. The summed E-state index contributed by atoms with van der Waals surface area (Å²) in [5.41, 5.74) is -1.45. The van der Waals surface area contributed by atoms with Gasteiger partial charge in [0, 0.05) is 43.6 Å². The highest BCUT2D eigenvalue weighted by atomic mass is 19.4. The molecule has 2 aromatic rings. The molecule has 0 radical (unpaired) electrons. The molecular formula is C28H36F5N7O2. The standard InChI is InChI=1S/C28H36F5N7O2/c29-27(30)12-5-14-39(17-27)15-11-20(16-22(41)35-19-8-3-9-19)36-26(42)24-37-25(18-6-1-2-7-18)40(38-24)21-10-4-13-34-23(21)28(31,32)33/h4,10,13,18-20H,1-3,5-9,11-12,14-17H2,(H,35,41)(H,36,42). The lowest BCUT2D eigenvalue weighted by Crippen LogP contribution is -2.47. The number of alkyl halides is 5. The zero-order valence-electron chi connectivity index (χ0n) is 23.3. The van der Waals surface area contributed by atoms with Gasteiger partial charge in [-0.25, -0.2) is 23.4 Å². The number of nitrogens with one attached hydrogen (secondary N) is 2. The zero-order valence-corrected chi connectivity index (χ0v) is 23.3. The average Bonchev–Trinajstić information content (AvgIpc) is 3.59. The summed E-state index contributed by atoms with van der Waals surface area (Å²) in [6.45, 7) is 0.357. The van der Waals surface area contributed by atoms with Gasteiger partial charge < -0.3 is 10.6 Å². The average molecular weight is 598 g/mol. The molecule has 0 spiro atoms. The topological polar surface area (TPSA) is 105 Å². The molecule has 9 nitrogen and oxygen atoms in total. The number of nitrogens with zero attached hydrogens (tertiary/aromatic N) is 5. The van der Waals surface area contributed by atoms with Crippen LogP contribution < -0.4 is 10.6 Å². The highest BCUT2D eigenvalue weighted by Gasteiger charge is 2.38. The van der Waals surface area contributed by atoms with E-state index >= 15 is 0 Å². The molecule has 42 heavy (non-hydrogen) atoms. The van der Waals surface area contributed by atoms with E-state index in [9.17, 15) is 31.5 Å². The Morgan fingerprint density at radius 2 is 1.86 bits per heavy atom. The molecule has 14 heteroatoms. The van der Waals surface area contributed by atoms with E-state index in [0.29, 0.717) is 25.8 Å². The lowest BCUT2D eigenvalue weighted by atomic mass is 9.93. The first-order chi connectivity index (χ1) is 20.0. The minimum Gasteiger partial charge on any atom is -0.353 e. The van der Waals surface area contributed by atoms with Crippen molar-refractivity contribution in [2.45, 2.75) is 101 Å². The summed E-state index contributed by atoms with van der Waals surface area (Å²) in [5.74, 6) is -4.02. The van der Waals surface area contributed by atoms with E-state index in [1.165, 1.54) is 12.1 Å². The lowest BCUT2D eigenvalue weighted by Gasteiger charge is -2.33. The van der Waals surface area contributed by atoms with E-state index in [4.69, 9.17) is 0 Å². The molecule has 1 atom stereocenters. The Morgan fingerprint density at radius 3 is 2.52 bits per heavy atom. The fourth-order valence-electron chi connectivity index (χ4n) is 5.95.